The maximum atomic E-state index is 5.74. The van der Waals surface area contributed by atoms with Gasteiger partial charge >= 0.3 is 0 Å². The van der Waals surface area contributed by atoms with Gasteiger partial charge < -0.3 is 10.3 Å². The first-order valence-corrected chi connectivity index (χ1v) is 4.48. The molecule has 72 valence electrons. The average molecular weight is 187 g/mol. The Morgan fingerprint density at radius 1 is 1.50 bits per heavy atom. The number of allylic oxidation sites excluding steroid dienone is 1. The second kappa shape index (κ2) is 2.87. The van der Waals surface area contributed by atoms with Crippen molar-refractivity contribution in [3.8, 4) is 0 Å². The second-order valence-electron chi connectivity index (χ2n) is 3.48. The third-order valence-corrected chi connectivity index (χ3v) is 2.39. The van der Waals surface area contributed by atoms with E-state index in [0.29, 0.717) is 5.95 Å². The summed E-state index contributed by atoms with van der Waals surface area (Å²) in [6.07, 6.45) is 0. The molecule has 0 aliphatic carbocycles. The highest BCUT2D eigenvalue weighted by Gasteiger charge is 2.08. The zero-order valence-corrected chi connectivity index (χ0v) is 8.41. The third-order valence-electron chi connectivity index (χ3n) is 2.39. The van der Waals surface area contributed by atoms with Gasteiger partial charge in [0.15, 0.2) is 0 Å². The number of imidazole rings is 1. The van der Waals surface area contributed by atoms with Crippen LogP contribution in [0.3, 0.4) is 0 Å². The minimum atomic E-state index is 0.536. The maximum Gasteiger partial charge on any atom is 0.200 e. The van der Waals surface area contributed by atoms with Gasteiger partial charge in [-0.2, -0.15) is 0 Å². The van der Waals surface area contributed by atoms with Crippen molar-refractivity contribution in [3.63, 3.8) is 0 Å². The normalized spacial score (nSPS) is 10.7. The van der Waals surface area contributed by atoms with E-state index in [9.17, 15) is 0 Å². The van der Waals surface area contributed by atoms with Crippen molar-refractivity contribution in [1.29, 1.82) is 0 Å². The molecule has 0 atom stereocenters. The SMILES string of the molecule is C=C(C)c1cccc2nc(N)n(C)c12. The van der Waals surface area contributed by atoms with Crippen LogP contribution in [0.25, 0.3) is 16.6 Å². The molecule has 0 bridgehead atoms. The molecular weight excluding hydrogens is 174 g/mol. The Bertz CT molecular complexity index is 508. The van der Waals surface area contributed by atoms with Gasteiger partial charge in [-0.05, 0) is 18.6 Å². The number of nitrogens with two attached hydrogens (primary N) is 1. The Labute approximate surface area is 82.9 Å². The molecule has 1 aromatic heterocycles. The van der Waals surface area contributed by atoms with Crippen molar-refractivity contribution >= 4 is 22.6 Å². The van der Waals surface area contributed by atoms with E-state index in [4.69, 9.17) is 5.73 Å². The van der Waals surface area contributed by atoms with Crippen LogP contribution in [0.1, 0.15) is 12.5 Å². The van der Waals surface area contributed by atoms with Crippen LogP contribution in [0, 0.1) is 0 Å². The fraction of sp³-hybridized carbons (Fsp3) is 0.182. The summed E-state index contributed by atoms with van der Waals surface area (Å²) in [4.78, 5) is 4.26. The topological polar surface area (TPSA) is 43.8 Å². The molecule has 0 unspecified atom stereocenters. The predicted octanol–water partition coefficient (Wildman–Crippen LogP) is 2.19. The summed E-state index contributed by atoms with van der Waals surface area (Å²) in [6, 6.07) is 5.96. The fourth-order valence-corrected chi connectivity index (χ4v) is 1.63. The van der Waals surface area contributed by atoms with Crippen molar-refractivity contribution < 1.29 is 0 Å². The van der Waals surface area contributed by atoms with Crippen LogP contribution in [0.2, 0.25) is 0 Å². The molecule has 14 heavy (non-hydrogen) atoms. The number of hydrogen-bond donors (Lipinski definition) is 1. The highest BCUT2D eigenvalue weighted by molar-refractivity contribution is 5.90. The molecule has 0 aliphatic heterocycles. The molecule has 0 spiro atoms. The number of aryl methyl sites for hydroxylation is 1. The lowest BCUT2D eigenvalue weighted by Crippen LogP contribution is -1.97. The van der Waals surface area contributed by atoms with Crippen LogP contribution >= 0.6 is 0 Å². The molecule has 1 aromatic carbocycles. The first kappa shape index (κ1) is 8.81. The van der Waals surface area contributed by atoms with Gasteiger partial charge in [0.2, 0.25) is 5.95 Å². The minimum absolute atomic E-state index is 0.536. The quantitative estimate of drug-likeness (QED) is 0.743. The predicted molar refractivity (Wildman–Crippen MR) is 59.8 cm³/mol. The van der Waals surface area contributed by atoms with E-state index >= 15 is 0 Å². The van der Waals surface area contributed by atoms with Crippen molar-refractivity contribution in [2.75, 3.05) is 5.73 Å². The lowest BCUT2D eigenvalue weighted by molar-refractivity contribution is 0.963. The number of anilines is 1. The molecule has 2 rings (SSSR count). The summed E-state index contributed by atoms with van der Waals surface area (Å²) in [5.41, 5.74) is 9.85. The fourth-order valence-electron chi connectivity index (χ4n) is 1.63. The third kappa shape index (κ3) is 1.09. The van der Waals surface area contributed by atoms with Crippen LogP contribution in [0.5, 0.6) is 0 Å². The van der Waals surface area contributed by atoms with Crippen molar-refractivity contribution in [1.82, 2.24) is 9.55 Å². The van der Waals surface area contributed by atoms with Gasteiger partial charge in [-0.3, -0.25) is 0 Å². The molecule has 0 saturated carbocycles. The molecule has 0 radical (unpaired) electrons. The van der Waals surface area contributed by atoms with Crippen molar-refractivity contribution in [2.45, 2.75) is 6.92 Å². The standard InChI is InChI=1S/C11H13N3/c1-7(2)8-5-4-6-9-10(8)14(3)11(12)13-9/h4-6H,1H2,2-3H3,(H2,12,13). The number of fused-ring (bicyclic) bond motifs is 1. The molecule has 0 amide bonds. The molecule has 0 fully saturated rings. The zero-order chi connectivity index (χ0) is 10.3. The number of rotatable bonds is 1. The van der Waals surface area contributed by atoms with Gasteiger partial charge in [0.1, 0.15) is 0 Å². The maximum absolute atomic E-state index is 5.74. The molecule has 1 heterocycles. The average Bonchev–Trinajstić information content (AvgIpc) is 2.43. The molecule has 0 saturated heterocycles. The Morgan fingerprint density at radius 3 is 2.86 bits per heavy atom. The molecule has 2 N–H and O–H groups in total. The summed E-state index contributed by atoms with van der Waals surface area (Å²) < 4.78 is 1.89. The van der Waals surface area contributed by atoms with Gasteiger partial charge in [-0.25, -0.2) is 4.98 Å². The Kier molecular flexibility index (Phi) is 1.81. The van der Waals surface area contributed by atoms with Gasteiger partial charge in [-0.15, -0.1) is 0 Å². The van der Waals surface area contributed by atoms with Crippen molar-refractivity contribution in [2.24, 2.45) is 7.05 Å². The number of benzene rings is 1. The Balaban J connectivity index is 2.91. The summed E-state index contributed by atoms with van der Waals surface area (Å²) in [6.45, 7) is 5.93. The highest BCUT2D eigenvalue weighted by atomic mass is 15.1. The Morgan fingerprint density at radius 2 is 2.21 bits per heavy atom. The number of nitrogens with zero attached hydrogens (tertiary/aromatic N) is 2. The molecule has 0 aliphatic rings. The highest BCUT2D eigenvalue weighted by Crippen LogP contribution is 2.24. The van der Waals surface area contributed by atoms with Crippen LogP contribution in [0.4, 0.5) is 5.95 Å². The zero-order valence-electron chi connectivity index (χ0n) is 8.41. The summed E-state index contributed by atoms with van der Waals surface area (Å²) >= 11 is 0. The second-order valence-corrected chi connectivity index (χ2v) is 3.48. The molecule has 3 nitrogen and oxygen atoms in total. The monoisotopic (exact) mass is 187 g/mol. The van der Waals surface area contributed by atoms with E-state index in [1.54, 1.807) is 0 Å². The van der Waals surface area contributed by atoms with Crippen LogP contribution in [-0.2, 0) is 7.05 Å². The molecule has 2 aromatic rings. The van der Waals surface area contributed by atoms with Crippen LogP contribution in [-0.4, -0.2) is 9.55 Å². The van der Waals surface area contributed by atoms with Crippen molar-refractivity contribution in [3.05, 3.63) is 30.3 Å². The number of aromatic nitrogens is 2. The number of hydrogen-bond acceptors (Lipinski definition) is 2. The van der Waals surface area contributed by atoms with Crippen LogP contribution in [0.15, 0.2) is 24.8 Å². The lowest BCUT2D eigenvalue weighted by Gasteiger charge is -2.04. The van der Waals surface area contributed by atoms with E-state index in [1.807, 2.05) is 36.7 Å². The summed E-state index contributed by atoms with van der Waals surface area (Å²) in [5, 5.41) is 0. The van der Waals surface area contributed by atoms with E-state index in [2.05, 4.69) is 11.6 Å². The van der Waals surface area contributed by atoms with E-state index in [-0.39, 0.29) is 0 Å². The largest absolute Gasteiger partial charge is 0.369 e. The summed E-state index contributed by atoms with van der Waals surface area (Å²) in [7, 11) is 1.91. The Hall–Kier alpha value is -1.77. The minimum Gasteiger partial charge on any atom is -0.369 e. The first-order valence-electron chi connectivity index (χ1n) is 4.48. The first-order chi connectivity index (χ1) is 6.61. The van der Waals surface area contributed by atoms with Gasteiger partial charge in [0, 0.05) is 12.6 Å². The number of nitrogen functional groups attached to an aromatic ring is 1. The van der Waals surface area contributed by atoms with Crippen LogP contribution < -0.4 is 5.73 Å². The smallest absolute Gasteiger partial charge is 0.200 e. The van der Waals surface area contributed by atoms with Gasteiger partial charge in [-0.1, -0.05) is 18.7 Å². The summed E-state index contributed by atoms with van der Waals surface area (Å²) in [5.74, 6) is 0.536. The van der Waals surface area contributed by atoms with E-state index in [0.717, 1.165) is 22.2 Å². The van der Waals surface area contributed by atoms with Gasteiger partial charge in [0.25, 0.3) is 0 Å². The van der Waals surface area contributed by atoms with E-state index < -0.39 is 0 Å². The van der Waals surface area contributed by atoms with E-state index in [1.165, 1.54) is 0 Å². The number of para-hydroxylation sites is 1. The lowest BCUT2D eigenvalue weighted by atomic mass is 10.1. The molecular formula is C11H13N3. The van der Waals surface area contributed by atoms with Gasteiger partial charge in [0.05, 0.1) is 11.0 Å². The molecule has 3 heteroatoms.